The number of hydrogen-bond acceptors (Lipinski definition) is 3. The number of imidazole rings is 1. The molecule has 22 heavy (non-hydrogen) atoms. The predicted octanol–water partition coefficient (Wildman–Crippen LogP) is 4.61. The minimum absolute atomic E-state index is 0.534. The molecule has 0 spiro atoms. The summed E-state index contributed by atoms with van der Waals surface area (Å²) in [5.74, 6) is 1.48. The Labute approximate surface area is 131 Å². The van der Waals surface area contributed by atoms with Crippen molar-refractivity contribution in [2.45, 2.75) is 6.92 Å². The summed E-state index contributed by atoms with van der Waals surface area (Å²) in [5, 5.41) is 0.645. The van der Waals surface area contributed by atoms with Crippen LogP contribution in [0.4, 0.5) is 0 Å². The molecule has 0 N–H and O–H groups in total. The summed E-state index contributed by atoms with van der Waals surface area (Å²) in [7, 11) is 0. The van der Waals surface area contributed by atoms with Crippen LogP contribution in [0.1, 0.15) is 17.4 Å². The molecule has 4 nitrogen and oxygen atoms in total. The Balaban J connectivity index is 1.75. The molecule has 1 aromatic carbocycles. The van der Waals surface area contributed by atoms with E-state index in [0.29, 0.717) is 10.9 Å². The number of pyridine rings is 1. The van der Waals surface area contributed by atoms with Crippen molar-refractivity contribution in [2.24, 2.45) is 0 Å². The Bertz CT molecular complexity index is 1010. The third-order valence-corrected chi connectivity index (χ3v) is 3.74. The number of aromatic nitrogens is 3. The van der Waals surface area contributed by atoms with E-state index >= 15 is 0 Å². The van der Waals surface area contributed by atoms with E-state index in [1.165, 1.54) is 0 Å². The summed E-state index contributed by atoms with van der Waals surface area (Å²) in [4.78, 5) is 8.96. The van der Waals surface area contributed by atoms with Crippen molar-refractivity contribution >= 4 is 40.4 Å². The van der Waals surface area contributed by atoms with Gasteiger partial charge in [0.15, 0.2) is 5.58 Å². The predicted molar refractivity (Wildman–Crippen MR) is 87.9 cm³/mol. The minimum Gasteiger partial charge on any atom is -0.437 e. The second-order valence-electron chi connectivity index (χ2n) is 5.00. The Morgan fingerprint density at radius 2 is 2.05 bits per heavy atom. The van der Waals surface area contributed by atoms with Crippen molar-refractivity contribution in [3.05, 3.63) is 65.0 Å². The van der Waals surface area contributed by atoms with Gasteiger partial charge in [-0.2, -0.15) is 0 Å². The Morgan fingerprint density at radius 3 is 2.95 bits per heavy atom. The van der Waals surface area contributed by atoms with Crippen LogP contribution in [0.2, 0.25) is 5.02 Å². The van der Waals surface area contributed by atoms with E-state index < -0.39 is 0 Å². The normalized spacial score (nSPS) is 11.9. The summed E-state index contributed by atoms with van der Waals surface area (Å²) < 4.78 is 7.72. The van der Waals surface area contributed by atoms with E-state index in [0.717, 1.165) is 28.1 Å². The smallest absolute Gasteiger partial charge is 0.220 e. The molecule has 0 aliphatic carbocycles. The number of nitrogens with zero attached hydrogens (tertiary/aromatic N) is 3. The molecule has 0 radical (unpaired) electrons. The van der Waals surface area contributed by atoms with Gasteiger partial charge < -0.3 is 8.82 Å². The third-order valence-electron chi connectivity index (χ3n) is 3.50. The SMILES string of the molecule is Cc1nc(/C=C/c2nc3cc(Cl)ccc3o2)c2ccccn12. The van der Waals surface area contributed by atoms with E-state index in [-0.39, 0.29) is 0 Å². The van der Waals surface area contributed by atoms with Gasteiger partial charge >= 0.3 is 0 Å². The van der Waals surface area contributed by atoms with Crippen LogP contribution >= 0.6 is 11.6 Å². The molecule has 0 bridgehead atoms. The highest BCUT2D eigenvalue weighted by molar-refractivity contribution is 6.31. The van der Waals surface area contributed by atoms with Crippen molar-refractivity contribution in [1.29, 1.82) is 0 Å². The molecule has 0 unspecified atom stereocenters. The number of fused-ring (bicyclic) bond motifs is 2. The molecule has 0 saturated heterocycles. The molecule has 4 rings (SSSR count). The molecule has 108 valence electrons. The maximum Gasteiger partial charge on any atom is 0.220 e. The van der Waals surface area contributed by atoms with Crippen LogP contribution in [0.3, 0.4) is 0 Å². The summed E-state index contributed by atoms with van der Waals surface area (Å²) in [6, 6.07) is 11.4. The Hall–Kier alpha value is -2.59. The first-order valence-electron chi connectivity index (χ1n) is 6.88. The van der Waals surface area contributed by atoms with Gasteiger partial charge in [-0.05, 0) is 43.3 Å². The van der Waals surface area contributed by atoms with Gasteiger partial charge in [-0.1, -0.05) is 17.7 Å². The zero-order valence-electron chi connectivity index (χ0n) is 11.8. The Kier molecular flexibility index (Phi) is 2.98. The molecule has 0 saturated carbocycles. The average Bonchev–Trinajstić information content (AvgIpc) is 3.06. The topological polar surface area (TPSA) is 43.3 Å². The molecule has 0 atom stereocenters. The lowest BCUT2D eigenvalue weighted by Gasteiger charge is -1.93. The first-order valence-corrected chi connectivity index (χ1v) is 7.26. The van der Waals surface area contributed by atoms with Crippen LogP contribution in [0.15, 0.2) is 47.0 Å². The summed E-state index contributed by atoms with van der Waals surface area (Å²) in [6.07, 6.45) is 5.73. The van der Waals surface area contributed by atoms with E-state index in [9.17, 15) is 0 Å². The fourth-order valence-corrected chi connectivity index (χ4v) is 2.65. The van der Waals surface area contributed by atoms with Crippen molar-refractivity contribution < 1.29 is 4.42 Å². The lowest BCUT2D eigenvalue weighted by molar-refractivity contribution is 0.589. The van der Waals surface area contributed by atoms with Gasteiger partial charge in [0.1, 0.15) is 11.3 Å². The van der Waals surface area contributed by atoms with Crippen LogP contribution in [0.5, 0.6) is 0 Å². The van der Waals surface area contributed by atoms with E-state index in [1.54, 1.807) is 12.1 Å². The fourth-order valence-electron chi connectivity index (χ4n) is 2.48. The number of oxazole rings is 1. The van der Waals surface area contributed by atoms with Gasteiger partial charge in [0.25, 0.3) is 0 Å². The minimum atomic E-state index is 0.534. The highest BCUT2D eigenvalue weighted by Crippen LogP contribution is 2.21. The standard InChI is InChI=1S/C17H12ClN3O/c1-11-19-13(15-4-2-3-9-21(11)15)6-8-17-20-14-10-12(18)5-7-16(14)22-17/h2-10H,1H3/b8-6+. The molecule has 4 aromatic rings. The van der Waals surface area contributed by atoms with Gasteiger partial charge in [-0.15, -0.1) is 0 Å². The number of halogens is 1. The number of rotatable bonds is 2. The van der Waals surface area contributed by atoms with Gasteiger partial charge in [0.2, 0.25) is 5.89 Å². The van der Waals surface area contributed by atoms with Crippen molar-refractivity contribution in [1.82, 2.24) is 14.4 Å². The zero-order valence-corrected chi connectivity index (χ0v) is 12.6. The summed E-state index contributed by atoms with van der Waals surface area (Å²) in [5.41, 5.74) is 3.40. The molecular weight excluding hydrogens is 298 g/mol. The molecule has 3 aromatic heterocycles. The zero-order chi connectivity index (χ0) is 15.1. The molecule has 0 aliphatic heterocycles. The monoisotopic (exact) mass is 309 g/mol. The molecule has 3 heterocycles. The van der Waals surface area contributed by atoms with Crippen molar-refractivity contribution in [3.8, 4) is 0 Å². The molecule has 0 aliphatic rings. The highest BCUT2D eigenvalue weighted by Gasteiger charge is 2.06. The second-order valence-corrected chi connectivity index (χ2v) is 5.43. The lowest BCUT2D eigenvalue weighted by atomic mass is 10.3. The largest absolute Gasteiger partial charge is 0.437 e. The van der Waals surface area contributed by atoms with Gasteiger partial charge in [-0.3, -0.25) is 0 Å². The van der Waals surface area contributed by atoms with Crippen molar-refractivity contribution in [2.75, 3.05) is 0 Å². The van der Waals surface area contributed by atoms with Gasteiger partial charge in [0, 0.05) is 17.3 Å². The first kappa shape index (κ1) is 13.1. The maximum atomic E-state index is 5.96. The van der Waals surface area contributed by atoms with E-state index in [2.05, 4.69) is 9.97 Å². The lowest BCUT2D eigenvalue weighted by Crippen LogP contribution is -1.84. The van der Waals surface area contributed by atoms with Crippen LogP contribution < -0.4 is 0 Å². The third kappa shape index (κ3) is 2.18. The fraction of sp³-hybridized carbons (Fsp3) is 0.0588. The maximum absolute atomic E-state index is 5.96. The van der Waals surface area contributed by atoms with Crippen LogP contribution in [0.25, 0.3) is 28.8 Å². The molecule has 0 amide bonds. The highest BCUT2D eigenvalue weighted by atomic mass is 35.5. The number of hydrogen-bond donors (Lipinski definition) is 0. The van der Waals surface area contributed by atoms with Gasteiger partial charge in [-0.25, -0.2) is 9.97 Å². The van der Waals surface area contributed by atoms with Crippen LogP contribution in [0, 0.1) is 6.92 Å². The average molecular weight is 310 g/mol. The number of aryl methyl sites for hydroxylation is 1. The second kappa shape index (κ2) is 5.00. The van der Waals surface area contributed by atoms with Crippen LogP contribution in [-0.4, -0.2) is 14.4 Å². The van der Waals surface area contributed by atoms with Gasteiger partial charge in [0.05, 0.1) is 11.2 Å². The summed E-state index contributed by atoms with van der Waals surface area (Å²) >= 11 is 5.96. The van der Waals surface area contributed by atoms with E-state index in [4.69, 9.17) is 16.0 Å². The van der Waals surface area contributed by atoms with Crippen molar-refractivity contribution in [3.63, 3.8) is 0 Å². The summed E-state index contributed by atoms with van der Waals surface area (Å²) in [6.45, 7) is 1.98. The van der Waals surface area contributed by atoms with E-state index in [1.807, 2.05) is 53.9 Å². The first-order chi connectivity index (χ1) is 10.7. The Morgan fingerprint density at radius 1 is 1.14 bits per heavy atom. The number of benzene rings is 1. The van der Waals surface area contributed by atoms with Crippen LogP contribution in [-0.2, 0) is 0 Å². The quantitative estimate of drug-likeness (QED) is 0.543. The molecule has 5 heteroatoms. The molecular formula is C17H12ClN3O. The molecule has 0 fully saturated rings.